The van der Waals surface area contributed by atoms with Crippen molar-refractivity contribution in [3.8, 4) is 0 Å². The van der Waals surface area contributed by atoms with Gasteiger partial charge in [0.25, 0.3) is 0 Å². The molecule has 0 rings (SSSR count). The van der Waals surface area contributed by atoms with E-state index in [0.29, 0.717) is 0 Å². The normalized spacial score (nSPS) is 15.7. The summed E-state index contributed by atoms with van der Waals surface area (Å²) < 4.78 is 55.6. The molecule has 0 spiro atoms. The number of alkyl halides is 4. The lowest BCUT2D eigenvalue weighted by molar-refractivity contribution is -0.144. The molecule has 0 nitrogen and oxygen atoms in total. The minimum absolute atomic E-state index is 0.618. The summed E-state index contributed by atoms with van der Waals surface area (Å²) in [6, 6.07) is 0. The molecule has 5 heteroatoms. The average Bonchev–Trinajstić information content (AvgIpc) is 1.62. The Morgan fingerprint density at radius 1 is 1.33 bits per heavy atom. The van der Waals surface area contributed by atoms with E-state index in [9.17, 15) is 22.0 Å². The molecule has 9 heavy (non-hydrogen) atoms. The van der Waals surface area contributed by atoms with Crippen molar-refractivity contribution in [2.24, 2.45) is 0 Å². The van der Waals surface area contributed by atoms with Gasteiger partial charge >= 0.3 is 6.18 Å². The predicted molar refractivity (Wildman–Crippen MR) is 21.0 cm³/mol. The van der Waals surface area contributed by atoms with Crippen molar-refractivity contribution in [3.63, 3.8) is 0 Å². The molecule has 0 aromatic carbocycles. The molecule has 0 aliphatic heterocycles. The number of halogens is 5. The lowest BCUT2D eigenvalue weighted by Gasteiger charge is -2.05. The standard InChI is InChI=1S/C4H4F5/c5-2-3(6)1-4(7,8)9/h2-3H,1H2. The van der Waals surface area contributed by atoms with Gasteiger partial charge in [0.1, 0.15) is 6.17 Å². The third-order valence-electron chi connectivity index (χ3n) is 0.563. The number of rotatable bonds is 2. The maximum atomic E-state index is 11.5. The van der Waals surface area contributed by atoms with Crippen LogP contribution in [-0.4, -0.2) is 12.3 Å². The lowest BCUT2D eigenvalue weighted by Crippen LogP contribution is -2.14. The van der Waals surface area contributed by atoms with Crippen LogP contribution in [0.2, 0.25) is 0 Å². The minimum atomic E-state index is -4.62. The Bertz CT molecular complexity index is 75.5. The predicted octanol–water partition coefficient (Wildman–Crippen LogP) is 2.41. The van der Waals surface area contributed by atoms with E-state index >= 15 is 0 Å². The number of hydrogen-bond acceptors (Lipinski definition) is 0. The fraction of sp³-hybridized carbons (Fsp3) is 0.750. The Labute approximate surface area is 48.7 Å². The van der Waals surface area contributed by atoms with Gasteiger partial charge in [-0.2, -0.15) is 13.2 Å². The topological polar surface area (TPSA) is 0 Å². The first-order valence-electron chi connectivity index (χ1n) is 2.10. The molecule has 0 fully saturated rings. The second-order valence-electron chi connectivity index (χ2n) is 1.46. The molecule has 0 bridgehead atoms. The van der Waals surface area contributed by atoms with Crippen LogP contribution in [0.15, 0.2) is 0 Å². The number of hydrogen-bond donors (Lipinski definition) is 0. The van der Waals surface area contributed by atoms with Crippen molar-refractivity contribution in [2.45, 2.75) is 18.8 Å². The first kappa shape index (κ1) is 8.65. The van der Waals surface area contributed by atoms with Gasteiger partial charge in [0.15, 0.2) is 6.67 Å². The maximum absolute atomic E-state index is 11.5. The van der Waals surface area contributed by atoms with E-state index in [1.165, 1.54) is 0 Å². The van der Waals surface area contributed by atoms with E-state index in [0.717, 1.165) is 0 Å². The van der Waals surface area contributed by atoms with Crippen LogP contribution in [-0.2, 0) is 0 Å². The highest BCUT2D eigenvalue weighted by Gasteiger charge is 2.32. The fourth-order valence-corrected chi connectivity index (χ4v) is 0.266. The summed E-state index contributed by atoms with van der Waals surface area (Å²) in [5.74, 6) is 0. The first-order valence-corrected chi connectivity index (χ1v) is 2.10. The van der Waals surface area contributed by atoms with Crippen LogP contribution < -0.4 is 0 Å². The fourth-order valence-electron chi connectivity index (χ4n) is 0.266. The summed E-state index contributed by atoms with van der Waals surface area (Å²) in [5.41, 5.74) is 0. The van der Waals surface area contributed by atoms with E-state index in [1.807, 2.05) is 0 Å². The van der Waals surface area contributed by atoms with E-state index in [1.54, 1.807) is 0 Å². The van der Waals surface area contributed by atoms with Gasteiger partial charge in [-0.1, -0.05) is 0 Å². The third kappa shape index (κ3) is 5.52. The second kappa shape index (κ2) is 2.98. The van der Waals surface area contributed by atoms with Crippen molar-refractivity contribution < 1.29 is 22.0 Å². The minimum Gasteiger partial charge on any atom is -0.244 e. The Kier molecular flexibility index (Phi) is 2.87. The van der Waals surface area contributed by atoms with Crippen LogP contribution in [0.3, 0.4) is 0 Å². The maximum Gasteiger partial charge on any atom is 0.392 e. The average molecular weight is 147 g/mol. The lowest BCUT2D eigenvalue weighted by atomic mass is 10.3. The molecule has 55 valence electrons. The molecule has 1 radical (unpaired) electrons. The zero-order valence-corrected chi connectivity index (χ0v) is 4.25. The van der Waals surface area contributed by atoms with Crippen molar-refractivity contribution in [2.75, 3.05) is 0 Å². The van der Waals surface area contributed by atoms with Crippen molar-refractivity contribution in [1.29, 1.82) is 0 Å². The van der Waals surface area contributed by atoms with Crippen molar-refractivity contribution >= 4 is 0 Å². The molecule has 0 aliphatic carbocycles. The summed E-state index contributed by atoms with van der Waals surface area (Å²) in [5, 5.41) is 0. The summed E-state index contributed by atoms with van der Waals surface area (Å²) in [6.07, 6.45) is -8.89. The van der Waals surface area contributed by atoms with Crippen LogP contribution in [0, 0.1) is 6.67 Å². The second-order valence-corrected chi connectivity index (χ2v) is 1.46. The Hall–Kier alpha value is -0.350. The molecular formula is C4H4F5. The van der Waals surface area contributed by atoms with Gasteiger partial charge in [0.05, 0.1) is 6.42 Å². The highest BCUT2D eigenvalue weighted by molar-refractivity contribution is 4.68. The van der Waals surface area contributed by atoms with E-state index < -0.39 is 25.4 Å². The molecule has 0 aromatic heterocycles. The van der Waals surface area contributed by atoms with Gasteiger partial charge in [0, 0.05) is 0 Å². The molecule has 1 unspecified atom stereocenters. The van der Waals surface area contributed by atoms with Gasteiger partial charge < -0.3 is 0 Å². The van der Waals surface area contributed by atoms with Crippen LogP contribution in [0.1, 0.15) is 6.42 Å². The summed E-state index contributed by atoms with van der Waals surface area (Å²) in [6.45, 7) is -0.618. The molecule has 0 saturated carbocycles. The summed E-state index contributed by atoms with van der Waals surface area (Å²) in [4.78, 5) is 0. The SMILES string of the molecule is F[CH]C(F)CC(F)(F)F. The highest BCUT2D eigenvalue weighted by atomic mass is 19.4. The van der Waals surface area contributed by atoms with Crippen molar-refractivity contribution in [3.05, 3.63) is 6.67 Å². The summed E-state index contributed by atoms with van der Waals surface area (Å²) in [7, 11) is 0. The molecule has 0 saturated heterocycles. The Balaban J connectivity index is 3.47. The summed E-state index contributed by atoms with van der Waals surface area (Å²) >= 11 is 0. The Morgan fingerprint density at radius 2 is 1.78 bits per heavy atom. The highest BCUT2D eigenvalue weighted by Crippen LogP contribution is 2.23. The molecular weight excluding hydrogens is 143 g/mol. The van der Waals surface area contributed by atoms with Gasteiger partial charge in [0.2, 0.25) is 0 Å². The largest absolute Gasteiger partial charge is 0.392 e. The van der Waals surface area contributed by atoms with Crippen LogP contribution >= 0.6 is 0 Å². The molecule has 0 heterocycles. The van der Waals surface area contributed by atoms with Crippen LogP contribution in [0.4, 0.5) is 22.0 Å². The molecule has 0 aromatic rings. The quantitative estimate of drug-likeness (QED) is 0.526. The van der Waals surface area contributed by atoms with E-state index in [-0.39, 0.29) is 0 Å². The molecule has 0 N–H and O–H groups in total. The monoisotopic (exact) mass is 147 g/mol. The van der Waals surface area contributed by atoms with Crippen LogP contribution in [0.25, 0.3) is 0 Å². The van der Waals surface area contributed by atoms with Crippen molar-refractivity contribution in [1.82, 2.24) is 0 Å². The smallest absolute Gasteiger partial charge is 0.244 e. The van der Waals surface area contributed by atoms with Gasteiger partial charge in [-0.05, 0) is 0 Å². The van der Waals surface area contributed by atoms with Gasteiger partial charge in [-0.3, -0.25) is 0 Å². The molecule has 0 aliphatic rings. The Morgan fingerprint density at radius 3 is 1.89 bits per heavy atom. The van der Waals surface area contributed by atoms with E-state index in [4.69, 9.17) is 0 Å². The van der Waals surface area contributed by atoms with Crippen LogP contribution in [0.5, 0.6) is 0 Å². The van der Waals surface area contributed by atoms with Gasteiger partial charge in [-0.15, -0.1) is 0 Å². The molecule has 0 amide bonds. The zero-order valence-electron chi connectivity index (χ0n) is 4.25. The zero-order chi connectivity index (χ0) is 7.49. The molecule has 1 atom stereocenters. The van der Waals surface area contributed by atoms with E-state index in [2.05, 4.69) is 0 Å². The third-order valence-corrected chi connectivity index (χ3v) is 0.563. The van der Waals surface area contributed by atoms with Gasteiger partial charge in [-0.25, -0.2) is 8.78 Å². The first-order chi connectivity index (χ1) is 3.95.